The first-order valence-corrected chi connectivity index (χ1v) is 8.07. The Balaban J connectivity index is 2.17. The van der Waals surface area contributed by atoms with Gasteiger partial charge in [0.1, 0.15) is 0 Å². The van der Waals surface area contributed by atoms with Crippen LogP contribution in [-0.2, 0) is 0 Å². The molecule has 0 saturated carbocycles. The third-order valence-corrected chi connectivity index (χ3v) is 5.57. The normalized spacial score (nSPS) is 21.5. The number of halogens is 1. The van der Waals surface area contributed by atoms with E-state index in [-0.39, 0.29) is 0 Å². The molecule has 2 atom stereocenters. The van der Waals surface area contributed by atoms with E-state index in [4.69, 9.17) is 0 Å². The van der Waals surface area contributed by atoms with Crippen LogP contribution < -0.4 is 10.2 Å². The minimum absolute atomic E-state index is 0.614. The van der Waals surface area contributed by atoms with Crippen LogP contribution in [-0.4, -0.2) is 25.7 Å². The van der Waals surface area contributed by atoms with Crippen LogP contribution in [0.3, 0.4) is 0 Å². The Labute approximate surface area is 125 Å². The second-order valence-corrected chi connectivity index (χ2v) is 6.58. The maximum absolute atomic E-state index is 3.66. The zero-order valence-electron chi connectivity index (χ0n) is 12.5. The van der Waals surface area contributed by atoms with Crippen molar-refractivity contribution in [3.8, 4) is 0 Å². The van der Waals surface area contributed by atoms with Gasteiger partial charge in [0.25, 0.3) is 0 Å². The molecule has 1 aliphatic rings. The fraction of sp³-hybridized carbons (Fsp3) is 0.625. The zero-order valence-corrected chi connectivity index (χ0v) is 14.0. The lowest BCUT2D eigenvalue weighted by atomic mass is 9.96. The number of hydrogen-bond donors (Lipinski definition) is 1. The van der Waals surface area contributed by atoms with Crippen LogP contribution in [0.15, 0.2) is 16.6 Å². The van der Waals surface area contributed by atoms with E-state index in [1.54, 1.807) is 0 Å². The first-order chi connectivity index (χ1) is 9.02. The fourth-order valence-corrected chi connectivity index (χ4v) is 3.01. The molecular formula is C16H25BrN2. The van der Waals surface area contributed by atoms with E-state index in [0.717, 1.165) is 25.6 Å². The van der Waals surface area contributed by atoms with Crippen molar-refractivity contribution in [1.29, 1.82) is 0 Å². The van der Waals surface area contributed by atoms with E-state index in [1.165, 1.54) is 27.7 Å². The molecule has 0 bridgehead atoms. The Morgan fingerprint density at radius 2 is 2.00 bits per heavy atom. The topological polar surface area (TPSA) is 15.3 Å². The molecule has 1 N–H and O–H groups in total. The summed E-state index contributed by atoms with van der Waals surface area (Å²) in [7, 11) is 0. The van der Waals surface area contributed by atoms with Gasteiger partial charge in [0.2, 0.25) is 0 Å². The summed E-state index contributed by atoms with van der Waals surface area (Å²) in [6.45, 7) is 12.3. The van der Waals surface area contributed by atoms with Crippen molar-refractivity contribution in [3.63, 3.8) is 0 Å². The lowest BCUT2D eigenvalue weighted by Gasteiger charge is -2.38. The van der Waals surface area contributed by atoms with Crippen LogP contribution in [0, 0.1) is 19.8 Å². The van der Waals surface area contributed by atoms with E-state index >= 15 is 0 Å². The molecule has 1 heterocycles. The lowest BCUT2D eigenvalue weighted by molar-refractivity contribution is 0.342. The highest BCUT2D eigenvalue weighted by atomic mass is 79.9. The fourth-order valence-electron chi connectivity index (χ4n) is 2.78. The molecule has 1 aromatic carbocycles. The third kappa shape index (κ3) is 3.32. The molecule has 0 aromatic heterocycles. The predicted octanol–water partition coefficient (Wildman–Crippen LogP) is 3.89. The molecule has 19 heavy (non-hydrogen) atoms. The second kappa shape index (κ2) is 6.27. The molecule has 1 fully saturated rings. The van der Waals surface area contributed by atoms with Gasteiger partial charge in [-0.2, -0.15) is 0 Å². The van der Waals surface area contributed by atoms with Crippen LogP contribution in [0.1, 0.15) is 31.4 Å². The molecule has 0 amide bonds. The largest absolute Gasteiger partial charge is 0.369 e. The maximum Gasteiger partial charge on any atom is 0.0373 e. The van der Waals surface area contributed by atoms with E-state index in [1.807, 2.05) is 0 Å². The van der Waals surface area contributed by atoms with Gasteiger partial charge in [0, 0.05) is 35.8 Å². The molecule has 1 saturated heterocycles. The average molecular weight is 325 g/mol. The molecule has 2 unspecified atom stereocenters. The average Bonchev–Trinajstić information content (AvgIpc) is 2.43. The monoisotopic (exact) mass is 324 g/mol. The first kappa shape index (κ1) is 14.9. The van der Waals surface area contributed by atoms with Crippen molar-refractivity contribution in [2.24, 2.45) is 5.92 Å². The molecule has 106 valence electrons. The molecule has 2 rings (SSSR count). The standard InChI is InChI=1S/C16H25BrN2/c1-5-11(2)15-10-19(7-6-18-15)14-8-12(3)16(17)13(4)9-14/h8-9,11,15,18H,5-7,10H2,1-4H3. The minimum atomic E-state index is 0.614. The highest BCUT2D eigenvalue weighted by Crippen LogP contribution is 2.28. The van der Waals surface area contributed by atoms with E-state index < -0.39 is 0 Å². The van der Waals surface area contributed by atoms with E-state index in [2.05, 4.69) is 66.0 Å². The second-order valence-electron chi connectivity index (χ2n) is 5.79. The van der Waals surface area contributed by atoms with Gasteiger partial charge in [-0.1, -0.05) is 36.2 Å². The Morgan fingerprint density at radius 3 is 2.58 bits per heavy atom. The van der Waals surface area contributed by atoms with Crippen molar-refractivity contribution in [2.75, 3.05) is 24.5 Å². The first-order valence-electron chi connectivity index (χ1n) is 7.28. The molecule has 0 spiro atoms. The summed E-state index contributed by atoms with van der Waals surface area (Å²) in [6, 6.07) is 5.22. The predicted molar refractivity (Wildman–Crippen MR) is 87.1 cm³/mol. The van der Waals surface area contributed by atoms with Crippen LogP contribution in [0.25, 0.3) is 0 Å². The van der Waals surface area contributed by atoms with Crippen molar-refractivity contribution in [2.45, 2.75) is 40.2 Å². The van der Waals surface area contributed by atoms with Gasteiger partial charge in [0.15, 0.2) is 0 Å². The van der Waals surface area contributed by atoms with Gasteiger partial charge in [0.05, 0.1) is 0 Å². The maximum atomic E-state index is 3.66. The molecule has 0 radical (unpaired) electrons. The number of benzene rings is 1. The Hall–Kier alpha value is -0.540. The van der Waals surface area contributed by atoms with Crippen molar-refractivity contribution in [3.05, 3.63) is 27.7 Å². The number of nitrogens with one attached hydrogen (secondary N) is 1. The summed E-state index contributed by atoms with van der Waals surface area (Å²) in [4.78, 5) is 2.53. The highest BCUT2D eigenvalue weighted by Gasteiger charge is 2.23. The Bertz CT molecular complexity index is 421. The number of aryl methyl sites for hydroxylation is 2. The van der Waals surface area contributed by atoms with Crippen molar-refractivity contribution >= 4 is 21.6 Å². The number of rotatable bonds is 3. The molecule has 1 aromatic rings. The zero-order chi connectivity index (χ0) is 14.0. The summed E-state index contributed by atoms with van der Waals surface area (Å²) < 4.78 is 1.24. The van der Waals surface area contributed by atoms with Crippen molar-refractivity contribution in [1.82, 2.24) is 5.32 Å². The Kier molecular flexibility index (Phi) is 4.91. The summed E-state index contributed by atoms with van der Waals surface area (Å²) >= 11 is 3.65. The van der Waals surface area contributed by atoms with Crippen LogP contribution >= 0.6 is 15.9 Å². The molecule has 0 aliphatic carbocycles. The number of anilines is 1. The van der Waals surface area contributed by atoms with Crippen LogP contribution in [0.5, 0.6) is 0 Å². The minimum Gasteiger partial charge on any atom is -0.369 e. The van der Waals surface area contributed by atoms with Gasteiger partial charge < -0.3 is 10.2 Å². The number of hydrogen-bond acceptors (Lipinski definition) is 2. The van der Waals surface area contributed by atoms with Gasteiger partial charge >= 0.3 is 0 Å². The number of piperazine rings is 1. The Morgan fingerprint density at radius 1 is 1.37 bits per heavy atom. The SMILES string of the molecule is CCC(C)C1CN(c2cc(C)c(Br)c(C)c2)CCN1. The quantitative estimate of drug-likeness (QED) is 0.907. The van der Waals surface area contributed by atoms with Crippen LogP contribution in [0.4, 0.5) is 5.69 Å². The van der Waals surface area contributed by atoms with Crippen molar-refractivity contribution < 1.29 is 0 Å². The third-order valence-electron chi connectivity index (χ3n) is 4.32. The summed E-state index contributed by atoms with van der Waals surface area (Å²) in [5.74, 6) is 0.737. The van der Waals surface area contributed by atoms with Gasteiger partial charge in [-0.15, -0.1) is 0 Å². The number of nitrogens with zero attached hydrogens (tertiary/aromatic N) is 1. The van der Waals surface area contributed by atoms with E-state index in [0.29, 0.717) is 6.04 Å². The summed E-state index contributed by atoms with van der Waals surface area (Å²) in [5, 5.41) is 3.66. The lowest BCUT2D eigenvalue weighted by Crippen LogP contribution is -2.53. The smallest absolute Gasteiger partial charge is 0.0373 e. The molecule has 3 heteroatoms. The summed E-state index contributed by atoms with van der Waals surface area (Å²) in [5.41, 5.74) is 4.02. The molecular weight excluding hydrogens is 300 g/mol. The highest BCUT2D eigenvalue weighted by molar-refractivity contribution is 9.10. The molecule has 2 nitrogen and oxygen atoms in total. The van der Waals surface area contributed by atoms with Gasteiger partial charge in [-0.3, -0.25) is 0 Å². The molecule has 1 aliphatic heterocycles. The summed E-state index contributed by atoms with van der Waals surface area (Å²) in [6.07, 6.45) is 1.24. The van der Waals surface area contributed by atoms with Crippen LogP contribution in [0.2, 0.25) is 0 Å². The van der Waals surface area contributed by atoms with Gasteiger partial charge in [-0.05, 0) is 43.0 Å². The van der Waals surface area contributed by atoms with Gasteiger partial charge in [-0.25, -0.2) is 0 Å². The van der Waals surface area contributed by atoms with E-state index in [9.17, 15) is 0 Å².